The smallest absolute Gasteiger partial charge is 0.410 e. The van der Waals surface area contributed by atoms with Crippen molar-refractivity contribution in [2.24, 2.45) is 12.5 Å². The highest BCUT2D eigenvalue weighted by Gasteiger charge is 2.55. The van der Waals surface area contributed by atoms with Crippen molar-refractivity contribution in [3.63, 3.8) is 0 Å². The van der Waals surface area contributed by atoms with Gasteiger partial charge in [0, 0.05) is 53.3 Å². The third kappa shape index (κ3) is 4.51. The van der Waals surface area contributed by atoms with Gasteiger partial charge in [-0.1, -0.05) is 17.7 Å². The molecule has 2 aliphatic rings. The second-order valence-electron chi connectivity index (χ2n) is 12.6. The number of carbonyl (C=O) groups is 2. The lowest BCUT2D eigenvalue weighted by Crippen LogP contribution is -2.64. The van der Waals surface area contributed by atoms with Gasteiger partial charge in [0.2, 0.25) is 0 Å². The number of nitrogens with zero attached hydrogens (tertiary/aromatic N) is 5. The summed E-state index contributed by atoms with van der Waals surface area (Å²) in [5.74, 6) is -0.614. The summed E-state index contributed by atoms with van der Waals surface area (Å²) in [5.41, 5.74) is 4.22. The molecule has 0 radical (unpaired) electrons. The van der Waals surface area contributed by atoms with Crippen molar-refractivity contribution in [1.29, 1.82) is 0 Å². The van der Waals surface area contributed by atoms with Crippen molar-refractivity contribution in [2.45, 2.75) is 59.1 Å². The van der Waals surface area contributed by atoms with Crippen LogP contribution in [-0.2, 0) is 11.8 Å². The molecule has 1 aliphatic heterocycles. The van der Waals surface area contributed by atoms with E-state index in [1.807, 2.05) is 57.6 Å². The van der Waals surface area contributed by atoms with E-state index in [9.17, 15) is 9.59 Å². The minimum Gasteiger partial charge on any atom is -0.444 e. The van der Waals surface area contributed by atoms with Gasteiger partial charge in [0.25, 0.3) is 0 Å². The molecule has 0 N–H and O–H groups in total. The zero-order valence-corrected chi connectivity index (χ0v) is 24.8. The third-order valence-corrected chi connectivity index (χ3v) is 8.85. The molecular weight excluding hydrogens is 545 g/mol. The standard InChI is InChI=1S/C31H33ClFN5O3/c1-17-9-23(33)22(14-39)26(27(17)32)25-18(2)38(35-28(25)19-7-8-24-20(10-19)13-34-36(24)6)21-11-31(12-21)15-37(16-31)29(40)41-30(3,4)5/h7-10,13-14,21H,11-12,15-16H2,1-6H3. The molecule has 0 bridgehead atoms. The number of likely N-dealkylation sites (tertiary alicyclic amines) is 1. The average molecular weight is 578 g/mol. The predicted molar refractivity (Wildman–Crippen MR) is 156 cm³/mol. The first kappa shape index (κ1) is 27.4. The normalized spacial score (nSPS) is 16.6. The summed E-state index contributed by atoms with van der Waals surface area (Å²) in [6.45, 7) is 10.6. The minimum absolute atomic E-state index is 0.0376. The number of aromatic nitrogens is 4. The van der Waals surface area contributed by atoms with Gasteiger partial charge in [0.15, 0.2) is 6.29 Å². The molecule has 2 fully saturated rings. The van der Waals surface area contributed by atoms with E-state index >= 15 is 4.39 Å². The first-order chi connectivity index (χ1) is 19.3. The number of hydrogen-bond donors (Lipinski definition) is 0. The summed E-state index contributed by atoms with van der Waals surface area (Å²) in [7, 11) is 1.88. The van der Waals surface area contributed by atoms with Gasteiger partial charge in [0.05, 0.1) is 28.3 Å². The monoisotopic (exact) mass is 577 g/mol. The van der Waals surface area contributed by atoms with Crippen molar-refractivity contribution < 1.29 is 18.7 Å². The Hall–Kier alpha value is -3.72. The van der Waals surface area contributed by atoms with E-state index in [0.717, 1.165) is 35.0 Å². The van der Waals surface area contributed by atoms with Crippen molar-refractivity contribution >= 4 is 34.9 Å². The number of hydrogen-bond acceptors (Lipinski definition) is 5. The number of rotatable bonds is 4. The first-order valence-electron chi connectivity index (χ1n) is 13.7. The lowest BCUT2D eigenvalue weighted by Gasteiger charge is -2.58. The predicted octanol–water partition coefficient (Wildman–Crippen LogP) is 6.90. The van der Waals surface area contributed by atoms with Gasteiger partial charge in [-0.05, 0) is 71.2 Å². The number of amides is 1. The maximum absolute atomic E-state index is 15.1. The maximum atomic E-state index is 15.1. The molecule has 1 amide bonds. The van der Waals surface area contributed by atoms with Gasteiger partial charge in [-0.25, -0.2) is 9.18 Å². The zero-order chi connectivity index (χ0) is 29.4. The van der Waals surface area contributed by atoms with Crippen LogP contribution in [0.1, 0.15) is 61.3 Å². The topological polar surface area (TPSA) is 82.3 Å². The number of fused-ring (bicyclic) bond motifs is 1. The Bertz CT molecular complexity index is 1720. The Morgan fingerprint density at radius 1 is 1.17 bits per heavy atom. The third-order valence-electron chi connectivity index (χ3n) is 8.36. The number of aldehydes is 1. The summed E-state index contributed by atoms with van der Waals surface area (Å²) >= 11 is 6.79. The average Bonchev–Trinajstić information content (AvgIpc) is 3.38. The maximum Gasteiger partial charge on any atom is 0.410 e. The van der Waals surface area contributed by atoms with Crippen LogP contribution in [0.15, 0.2) is 30.5 Å². The summed E-state index contributed by atoms with van der Waals surface area (Å²) < 4.78 is 24.4. The van der Waals surface area contributed by atoms with Gasteiger partial charge >= 0.3 is 6.09 Å². The molecule has 1 saturated carbocycles. The molecule has 0 atom stereocenters. The number of ether oxygens (including phenoxy) is 1. The van der Waals surface area contributed by atoms with E-state index in [1.54, 1.807) is 22.7 Å². The van der Waals surface area contributed by atoms with Crippen LogP contribution in [0.2, 0.25) is 5.02 Å². The van der Waals surface area contributed by atoms with Crippen molar-refractivity contribution in [3.05, 3.63) is 58.1 Å². The second kappa shape index (κ2) is 9.41. The fourth-order valence-electron chi connectivity index (χ4n) is 6.40. The van der Waals surface area contributed by atoms with E-state index < -0.39 is 11.4 Å². The number of halogens is 2. The second-order valence-corrected chi connectivity index (χ2v) is 13.0. The molecule has 2 aromatic heterocycles. The van der Waals surface area contributed by atoms with Gasteiger partial charge in [-0.15, -0.1) is 0 Å². The lowest BCUT2D eigenvalue weighted by atomic mass is 9.61. The van der Waals surface area contributed by atoms with Crippen LogP contribution in [0.3, 0.4) is 0 Å². The molecule has 6 rings (SSSR count). The molecule has 3 heterocycles. The summed E-state index contributed by atoms with van der Waals surface area (Å²) in [4.78, 5) is 26.4. The SMILES string of the molecule is Cc1cc(F)c(C=O)c(-c2c(-c3ccc4c(cnn4C)c3)nn(C3CC4(C3)CN(C(=O)OC(C)(C)C)C4)c2C)c1Cl. The molecular formula is C31H33ClFN5O3. The van der Waals surface area contributed by atoms with Crippen LogP contribution in [0.4, 0.5) is 9.18 Å². The van der Waals surface area contributed by atoms with E-state index in [1.165, 1.54) is 6.07 Å². The van der Waals surface area contributed by atoms with E-state index in [4.69, 9.17) is 21.4 Å². The Morgan fingerprint density at radius 3 is 2.54 bits per heavy atom. The molecule has 41 heavy (non-hydrogen) atoms. The molecule has 1 spiro atoms. The molecule has 2 aromatic carbocycles. The number of carbonyl (C=O) groups excluding carboxylic acids is 2. The number of aryl methyl sites for hydroxylation is 2. The summed E-state index contributed by atoms with van der Waals surface area (Å²) in [6.07, 6.45) is 3.74. The van der Waals surface area contributed by atoms with Crippen LogP contribution in [0.5, 0.6) is 0 Å². The summed E-state index contributed by atoms with van der Waals surface area (Å²) in [5, 5.41) is 10.7. The Morgan fingerprint density at radius 2 is 1.88 bits per heavy atom. The van der Waals surface area contributed by atoms with Gasteiger partial charge in [-0.3, -0.25) is 14.2 Å². The van der Waals surface area contributed by atoms with Crippen LogP contribution in [-0.4, -0.2) is 55.5 Å². The molecule has 1 saturated heterocycles. The highest BCUT2D eigenvalue weighted by atomic mass is 35.5. The van der Waals surface area contributed by atoms with Crippen LogP contribution in [0, 0.1) is 25.1 Å². The molecule has 10 heteroatoms. The zero-order valence-electron chi connectivity index (χ0n) is 24.1. The Balaban J connectivity index is 1.39. The van der Waals surface area contributed by atoms with Crippen molar-refractivity contribution in [2.75, 3.05) is 13.1 Å². The van der Waals surface area contributed by atoms with Gasteiger partial charge in [0.1, 0.15) is 17.1 Å². The van der Waals surface area contributed by atoms with E-state index in [0.29, 0.717) is 46.8 Å². The van der Waals surface area contributed by atoms with Crippen LogP contribution < -0.4 is 0 Å². The molecule has 4 aromatic rings. The lowest BCUT2D eigenvalue weighted by molar-refractivity contribution is -0.0930. The first-order valence-corrected chi connectivity index (χ1v) is 14.1. The van der Waals surface area contributed by atoms with Crippen molar-refractivity contribution in [1.82, 2.24) is 24.5 Å². The number of benzene rings is 2. The minimum atomic E-state index is -0.614. The molecule has 1 aliphatic carbocycles. The highest BCUT2D eigenvalue weighted by Crippen LogP contribution is 2.55. The van der Waals surface area contributed by atoms with E-state index in [2.05, 4.69) is 5.10 Å². The molecule has 0 unspecified atom stereocenters. The summed E-state index contributed by atoms with van der Waals surface area (Å²) in [6, 6.07) is 7.34. The van der Waals surface area contributed by atoms with Crippen LogP contribution in [0.25, 0.3) is 33.3 Å². The van der Waals surface area contributed by atoms with E-state index in [-0.39, 0.29) is 23.1 Å². The Labute approximate surface area is 243 Å². The van der Waals surface area contributed by atoms with Gasteiger partial charge < -0.3 is 9.64 Å². The van der Waals surface area contributed by atoms with Crippen LogP contribution >= 0.6 is 11.6 Å². The fraction of sp³-hybridized carbons (Fsp3) is 0.419. The quantitative estimate of drug-likeness (QED) is 0.246. The molecule has 8 nitrogen and oxygen atoms in total. The molecule has 214 valence electrons. The van der Waals surface area contributed by atoms with Crippen molar-refractivity contribution in [3.8, 4) is 22.4 Å². The Kier molecular flexibility index (Phi) is 6.30. The van der Waals surface area contributed by atoms with Gasteiger partial charge in [-0.2, -0.15) is 10.2 Å². The highest BCUT2D eigenvalue weighted by molar-refractivity contribution is 6.35. The fourth-order valence-corrected chi connectivity index (χ4v) is 6.65. The largest absolute Gasteiger partial charge is 0.444 e.